The molecule has 0 amide bonds. The molecule has 0 radical (unpaired) electrons. The largest absolute Gasteiger partial charge is 0.314 e. The molecular weight excluding hydrogens is 344 g/mol. The SMILES string of the molecule is S=P(Cl)(OCC=C(Cl)Cl)OCC=C(Cl)Cl. The Morgan fingerprint density at radius 2 is 1.33 bits per heavy atom. The van der Waals surface area contributed by atoms with Crippen LogP contribution in [0.3, 0.4) is 0 Å². The molecule has 0 heterocycles. The van der Waals surface area contributed by atoms with Crippen molar-refractivity contribution in [2.45, 2.75) is 0 Å². The number of hydrogen-bond acceptors (Lipinski definition) is 3. The summed E-state index contributed by atoms with van der Waals surface area (Å²) in [5.41, 5.74) is 0. The van der Waals surface area contributed by atoms with E-state index in [0.29, 0.717) is 0 Å². The molecule has 0 aromatic rings. The van der Waals surface area contributed by atoms with Crippen molar-refractivity contribution in [3.63, 3.8) is 0 Å². The van der Waals surface area contributed by atoms with Crippen LogP contribution >= 0.6 is 63.5 Å². The van der Waals surface area contributed by atoms with Crippen LogP contribution in [0.4, 0.5) is 0 Å². The molecule has 9 heteroatoms. The standard InChI is InChI=1S/C6H6Cl5O2PS/c7-5(8)1-3-12-14(11,15)13-4-2-6(9)10/h1-2H,3-4H2. The molecule has 0 aromatic heterocycles. The fraction of sp³-hybridized carbons (Fsp3) is 0.333. The molecule has 0 fully saturated rings. The predicted octanol–water partition coefficient (Wildman–Crippen LogP) is 5.12. The van der Waals surface area contributed by atoms with Crippen molar-refractivity contribution in [1.29, 1.82) is 0 Å². The normalized spacial score (nSPS) is 11.0. The monoisotopic (exact) mass is 348 g/mol. The molecule has 0 aliphatic heterocycles. The maximum atomic E-state index is 5.75. The maximum Gasteiger partial charge on any atom is 0.282 e. The summed E-state index contributed by atoms with van der Waals surface area (Å²) in [6.07, 6.45) is 2.81. The third-order valence-electron chi connectivity index (χ3n) is 0.933. The minimum absolute atomic E-state index is 0.0744. The van der Waals surface area contributed by atoms with E-state index in [9.17, 15) is 0 Å². The Morgan fingerprint density at radius 1 is 1.00 bits per heavy atom. The second-order valence-corrected chi connectivity index (χ2v) is 8.78. The molecule has 0 bridgehead atoms. The molecular formula is C6H6Cl5O2PS. The van der Waals surface area contributed by atoms with Gasteiger partial charge in [-0.1, -0.05) is 46.4 Å². The Labute approximate surface area is 118 Å². The summed E-state index contributed by atoms with van der Waals surface area (Å²) < 4.78 is 10.2. The van der Waals surface area contributed by atoms with Crippen LogP contribution in [0.2, 0.25) is 0 Å². The Balaban J connectivity index is 3.93. The molecule has 15 heavy (non-hydrogen) atoms. The topological polar surface area (TPSA) is 18.5 Å². The first kappa shape index (κ1) is 16.5. The van der Waals surface area contributed by atoms with Crippen molar-refractivity contribution in [3.05, 3.63) is 21.1 Å². The van der Waals surface area contributed by atoms with Gasteiger partial charge in [0, 0.05) is 0 Å². The van der Waals surface area contributed by atoms with Crippen LogP contribution in [0, 0.1) is 0 Å². The van der Waals surface area contributed by atoms with Gasteiger partial charge in [0.2, 0.25) is 0 Å². The van der Waals surface area contributed by atoms with Crippen LogP contribution in [-0.4, -0.2) is 13.2 Å². The van der Waals surface area contributed by atoms with E-state index in [1.807, 2.05) is 0 Å². The van der Waals surface area contributed by atoms with E-state index in [0.717, 1.165) is 0 Å². The summed E-state index contributed by atoms with van der Waals surface area (Å²) >= 11 is 32.0. The van der Waals surface area contributed by atoms with E-state index in [-0.39, 0.29) is 22.2 Å². The van der Waals surface area contributed by atoms with Gasteiger partial charge >= 0.3 is 0 Å². The fourth-order valence-corrected chi connectivity index (χ4v) is 1.95. The average molecular weight is 350 g/mol. The van der Waals surface area contributed by atoms with Gasteiger partial charge in [0.15, 0.2) is 0 Å². The first-order chi connectivity index (χ1) is 6.83. The van der Waals surface area contributed by atoms with Crippen molar-refractivity contribution < 1.29 is 9.05 Å². The molecule has 0 aliphatic rings. The van der Waals surface area contributed by atoms with Gasteiger partial charge in [-0.2, -0.15) is 0 Å². The zero-order valence-corrected chi connectivity index (χ0v) is 12.6. The lowest BCUT2D eigenvalue weighted by atomic mass is 10.7. The van der Waals surface area contributed by atoms with Gasteiger partial charge in [0.25, 0.3) is 5.84 Å². The lowest BCUT2D eigenvalue weighted by molar-refractivity contribution is 0.301. The smallest absolute Gasteiger partial charge is 0.282 e. The molecule has 2 nitrogen and oxygen atoms in total. The number of halogens is 5. The minimum atomic E-state index is -2.82. The van der Waals surface area contributed by atoms with Crippen LogP contribution in [0.5, 0.6) is 0 Å². The van der Waals surface area contributed by atoms with Crippen LogP contribution < -0.4 is 0 Å². The molecule has 0 rings (SSSR count). The maximum absolute atomic E-state index is 5.75. The predicted molar refractivity (Wildman–Crippen MR) is 71.6 cm³/mol. The molecule has 0 saturated heterocycles. The molecule has 0 unspecified atom stereocenters. The fourth-order valence-electron chi connectivity index (χ4n) is 0.416. The summed E-state index contributed by atoms with van der Waals surface area (Å²) in [5, 5.41) is 0. The highest BCUT2D eigenvalue weighted by Gasteiger charge is 2.13. The first-order valence-electron chi connectivity index (χ1n) is 3.44. The van der Waals surface area contributed by atoms with Gasteiger partial charge in [-0.15, -0.1) is 0 Å². The summed E-state index contributed by atoms with van der Waals surface area (Å²) in [5.74, 6) is -2.82. The quantitative estimate of drug-likeness (QED) is 0.620. The third-order valence-corrected chi connectivity index (χ3v) is 3.68. The van der Waals surface area contributed by atoms with Crippen molar-refractivity contribution in [2.24, 2.45) is 0 Å². The highest BCUT2D eigenvalue weighted by atomic mass is 35.7. The molecule has 0 N–H and O–H groups in total. The van der Waals surface area contributed by atoms with E-state index in [4.69, 9.17) is 78.5 Å². The molecule has 0 aromatic carbocycles. The van der Waals surface area contributed by atoms with Gasteiger partial charge in [0.1, 0.15) is 8.98 Å². The van der Waals surface area contributed by atoms with Crippen LogP contribution in [0.25, 0.3) is 0 Å². The second-order valence-electron chi connectivity index (χ2n) is 2.01. The van der Waals surface area contributed by atoms with Crippen molar-refractivity contribution in [1.82, 2.24) is 0 Å². The van der Waals surface area contributed by atoms with E-state index < -0.39 is 5.84 Å². The number of rotatable bonds is 6. The van der Waals surface area contributed by atoms with Crippen molar-refractivity contribution in [2.75, 3.05) is 13.2 Å². The summed E-state index contributed by atoms with van der Waals surface area (Å²) in [6, 6.07) is 0. The molecule has 0 spiro atoms. The molecule has 0 aliphatic carbocycles. The van der Waals surface area contributed by atoms with Crippen molar-refractivity contribution in [3.8, 4) is 0 Å². The average Bonchev–Trinajstić information content (AvgIpc) is 2.01. The van der Waals surface area contributed by atoms with Gasteiger partial charge in [-0.25, -0.2) is 0 Å². The lowest BCUT2D eigenvalue weighted by Gasteiger charge is -2.12. The Kier molecular flexibility index (Phi) is 9.43. The van der Waals surface area contributed by atoms with Gasteiger partial charge < -0.3 is 9.05 Å². The minimum Gasteiger partial charge on any atom is -0.314 e. The summed E-state index contributed by atoms with van der Waals surface area (Å²) in [4.78, 5) is 0. The van der Waals surface area contributed by atoms with E-state index in [1.54, 1.807) is 0 Å². The van der Waals surface area contributed by atoms with Crippen LogP contribution in [-0.2, 0) is 20.9 Å². The molecule has 0 saturated carbocycles. The zero-order chi connectivity index (χ0) is 11.9. The Hall–Kier alpha value is 1.50. The Bertz CT molecular complexity index is 272. The zero-order valence-electron chi connectivity index (χ0n) is 7.13. The lowest BCUT2D eigenvalue weighted by Crippen LogP contribution is -1.91. The van der Waals surface area contributed by atoms with Crippen molar-refractivity contribution >= 4 is 75.3 Å². The highest BCUT2D eigenvalue weighted by molar-refractivity contribution is 8.22. The van der Waals surface area contributed by atoms with Gasteiger partial charge in [0.05, 0.1) is 13.2 Å². The molecule has 88 valence electrons. The van der Waals surface area contributed by atoms with Crippen LogP contribution in [0.1, 0.15) is 0 Å². The Morgan fingerprint density at radius 3 is 1.60 bits per heavy atom. The van der Waals surface area contributed by atoms with Gasteiger partial charge in [-0.05, 0) is 35.2 Å². The van der Waals surface area contributed by atoms with E-state index in [1.165, 1.54) is 12.2 Å². The van der Waals surface area contributed by atoms with E-state index >= 15 is 0 Å². The highest BCUT2D eigenvalue weighted by Crippen LogP contribution is 2.53. The summed E-state index contributed by atoms with van der Waals surface area (Å²) in [7, 11) is 0. The third kappa shape index (κ3) is 11.8. The second kappa shape index (κ2) is 8.57. The van der Waals surface area contributed by atoms with Gasteiger partial charge in [-0.3, -0.25) is 0 Å². The molecule has 0 atom stereocenters. The van der Waals surface area contributed by atoms with E-state index in [2.05, 4.69) is 0 Å². The number of hydrogen-bond donors (Lipinski definition) is 0. The van der Waals surface area contributed by atoms with Crippen LogP contribution in [0.15, 0.2) is 21.1 Å². The first-order valence-corrected chi connectivity index (χ1v) is 8.50. The summed E-state index contributed by atoms with van der Waals surface area (Å²) in [6.45, 7) is 0.170.